The Morgan fingerprint density at radius 3 is 2.00 bits per heavy atom. The van der Waals surface area contributed by atoms with E-state index in [-0.39, 0.29) is 29.5 Å². The molecule has 0 heterocycles. The fourth-order valence-electron chi connectivity index (χ4n) is 2.19. The largest absolute Gasteiger partial charge is 0.326 e. The SMILES string of the molecule is CC(=O)Nc1ccc(NC(=O)CCNS(=O)(=O)c2ccc([N+](=O)[O-])cc2)cc1. The molecule has 2 amide bonds. The molecule has 11 heteroatoms. The number of benzene rings is 2. The highest BCUT2D eigenvalue weighted by Crippen LogP contribution is 2.16. The number of nitrogens with zero attached hydrogens (tertiary/aromatic N) is 1. The first-order chi connectivity index (χ1) is 13.2. The number of hydrogen-bond donors (Lipinski definition) is 3. The number of hydrogen-bond acceptors (Lipinski definition) is 6. The lowest BCUT2D eigenvalue weighted by molar-refractivity contribution is -0.384. The van der Waals surface area contributed by atoms with Crippen molar-refractivity contribution in [3.8, 4) is 0 Å². The molecule has 0 radical (unpaired) electrons. The zero-order valence-corrected chi connectivity index (χ0v) is 15.7. The van der Waals surface area contributed by atoms with Gasteiger partial charge >= 0.3 is 0 Å². The van der Waals surface area contributed by atoms with Gasteiger partial charge < -0.3 is 10.6 Å². The number of carbonyl (C=O) groups is 2. The van der Waals surface area contributed by atoms with E-state index in [1.165, 1.54) is 6.92 Å². The molecule has 0 aliphatic heterocycles. The highest BCUT2D eigenvalue weighted by molar-refractivity contribution is 7.89. The average Bonchev–Trinajstić information content (AvgIpc) is 2.63. The third kappa shape index (κ3) is 6.14. The molecule has 0 aliphatic rings. The monoisotopic (exact) mass is 406 g/mol. The van der Waals surface area contributed by atoms with E-state index < -0.39 is 20.9 Å². The summed E-state index contributed by atoms with van der Waals surface area (Å²) in [5.74, 6) is -0.615. The minimum absolute atomic E-state index is 0.111. The zero-order chi connectivity index (χ0) is 20.7. The highest BCUT2D eigenvalue weighted by atomic mass is 32.2. The Kier molecular flexibility index (Phi) is 6.79. The van der Waals surface area contributed by atoms with Gasteiger partial charge in [-0.1, -0.05) is 0 Å². The number of anilines is 2. The number of carbonyl (C=O) groups excluding carboxylic acids is 2. The molecule has 0 saturated heterocycles. The van der Waals surface area contributed by atoms with Crippen LogP contribution in [0.1, 0.15) is 13.3 Å². The molecular weight excluding hydrogens is 388 g/mol. The third-order valence-corrected chi connectivity index (χ3v) is 4.97. The van der Waals surface area contributed by atoms with Gasteiger partial charge in [-0.3, -0.25) is 19.7 Å². The maximum atomic E-state index is 12.1. The summed E-state index contributed by atoms with van der Waals surface area (Å²) >= 11 is 0. The molecule has 148 valence electrons. The van der Waals surface area contributed by atoms with Gasteiger partial charge in [0.1, 0.15) is 0 Å². The predicted molar refractivity (Wildman–Crippen MR) is 102 cm³/mol. The summed E-state index contributed by atoms with van der Waals surface area (Å²) in [5.41, 5.74) is 0.863. The van der Waals surface area contributed by atoms with Crippen molar-refractivity contribution >= 4 is 38.9 Å². The summed E-state index contributed by atoms with van der Waals surface area (Å²) in [6, 6.07) is 10.9. The molecule has 2 rings (SSSR count). The second kappa shape index (κ2) is 9.06. The summed E-state index contributed by atoms with van der Waals surface area (Å²) in [4.78, 5) is 32.7. The van der Waals surface area contributed by atoms with Gasteiger partial charge in [0.2, 0.25) is 21.8 Å². The van der Waals surface area contributed by atoms with Crippen molar-refractivity contribution in [3.63, 3.8) is 0 Å². The van der Waals surface area contributed by atoms with Gasteiger partial charge in [-0.15, -0.1) is 0 Å². The molecule has 3 N–H and O–H groups in total. The van der Waals surface area contributed by atoms with Crippen LogP contribution < -0.4 is 15.4 Å². The Balaban J connectivity index is 1.85. The van der Waals surface area contributed by atoms with Crippen LogP contribution in [0.25, 0.3) is 0 Å². The maximum Gasteiger partial charge on any atom is 0.269 e. The zero-order valence-electron chi connectivity index (χ0n) is 14.8. The second-order valence-electron chi connectivity index (χ2n) is 5.71. The predicted octanol–water partition coefficient (Wildman–Crippen LogP) is 1.86. The maximum absolute atomic E-state index is 12.1. The van der Waals surface area contributed by atoms with Crippen LogP contribution in [0.4, 0.5) is 17.1 Å². The van der Waals surface area contributed by atoms with Gasteiger partial charge in [0, 0.05) is 43.4 Å². The van der Waals surface area contributed by atoms with Gasteiger partial charge in [0.05, 0.1) is 9.82 Å². The molecule has 0 spiro atoms. The Bertz CT molecular complexity index is 972. The third-order valence-electron chi connectivity index (χ3n) is 3.49. The lowest BCUT2D eigenvalue weighted by Gasteiger charge is -2.08. The summed E-state index contributed by atoms with van der Waals surface area (Å²) in [6.07, 6.45) is -0.111. The van der Waals surface area contributed by atoms with Crippen LogP contribution in [0.3, 0.4) is 0 Å². The first kappa shape index (κ1) is 21.0. The minimum Gasteiger partial charge on any atom is -0.326 e. The van der Waals surface area contributed by atoms with Crippen LogP contribution in [0.5, 0.6) is 0 Å². The molecule has 0 aliphatic carbocycles. The molecule has 0 saturated carbocycles. The summed E-state index contributed by atoms with van der Waals surface area (Å²) in [7, 11) is -3.88. The number of sulfonamides is 1. The first-order valence-corrected chi connectivity index (χ1v) is 9.57. The Morgan fingerprint density at radius 1 is 0.964 bits per heavy atom. The van der Waals surface area contributed by atoms with Crippen molar-refractivity contribution in [3.05, 3.63) is 58.6 Å². The molecule has 0 aromatic heterocycles. The lowest BCUT2D eigenvalue weighted by Crippen LogP contribution is -2.27. The van der Waals surface area contributed by atoms with Crippen molar-refractivity contribution in [2.24, 2.45) is 0 Å². The molecule has 2 aromatic carbocycles. The van der Waals surface area contributed by atoms with E-state index in [1.807, 2.05) is 0 Å². The van der Waals surface area contributed by atoms with Gasteiger partial charge in [0.25, 0.3) is 5.69 Å². The van der Waals surface area contributed by atoms with Crippen LogP contribution >= 0.6 is 0 Å². The standard InChI is InChI=1S/C17H18N4O6S/c1-12(22)19-13-2-4-14(5-3-13)20-17(23)10-11-18-28(26,27)16-8-6-15(7-9-16)21(24)25/h2-9,18H,10-11H2,1H3,(H,19,22)(H,20,23). The highest BCUT2D eigenvalue weighted by Gasteiger charge is 2.16. The fraction of sp³-hybridized carbons (Fsp3) is 0.176. The number of non-ortho nitro benzene ring substituents is 1. The normalized spacial score (nSPS) is 10.9. The average molecular weight is 406 g/mol. The topological polar surface area (TPSA) is 148 Å². The van der Waals surface area contributed by atoms with Crippen LogP contribution in [0, 0.1) is 10.1 Å². The number of nitrogens with one attached hydrogen (secondary N) is 3. The van der Waals surface area contributed by atoms with E-state index in [1.54, 1.807) is 24.3 Å². The van der Waals surface area contributed by atoms with Crippen molar-refractivity contribution < 1.29 is 22.9 Å². The smallest absolute Gasteiger partial charge is 0.269 e. The van der Waals surface area contributed by atoms with Crippen molar-refractivity contribution in [2.45, 2.75) is 18.2 Å². The number of amides is 2. The number of nitro groups is 1. The Hall–Kier alpha value is -3.31. The van der Waals surface area contributed by atoms with Crippen molar-refractivity contribution in [2.75, 3.05) is 17.2 Å². The molecule has 10 nitrogen and oxygen atoms in total. The van der Waals surface area contributed by atoms with Crippen molar-refractivity contribution in [1.29, 1.82) is 0 Å². The number of rotatable bonds is 8. The summed E-state index contributed by atoms with van der Waals surface area (Å²) in [6.45, 7) is 1.24. The first-order valence-electron chi connectivity index (χ1n) is 8.09. The molecule has 0 fully saturated rings. The lowest BCUT2D eigenvalue weighted by atomic mass is 10.2. The van der Waals surface area contributed by atoms with E-state index in [9.17, 15) is 28.1 Å². The molecule has 0 bridgehead atoms. The Labute approximate surface area is 161 Å². The van der Waals surface area contributed by atoms with Crippen LogP contribution in [-0.4, -0.2) is 31.7 Å². The van der Waals surface area contributed by atoms with E-state index in [4.69, 9.17) is 0 Å². The summed E-state index contributed by atoms with van der Waals surface area (Å²) in [5, 5.41) is 15.8. The molecule has 28 heavy (non-hydrogen) atoms. The number of nitro benzene ring substituents is 1. The molecule has 2 aromatic rings. The van der Waals surface area contributed by atoms with E-state index in [0.29, 0.717) is 11.4 Å². The van der Waals surface area contributed by atoms with Gasteiger partial charge in [-0.25, -0.2) is 13.1 Å². The van der Waals surface area contributed by atoms with E-state index in [0.717, 1.165) is 24.3 Å². The van der Waals surface area contributed by atoms with Crippen LogP contribution in [0.2, 0.25) is 0 Å². The van der Waals surface area contributed by atoms with E-state index in [2.05, 4.69) is 15.4 Å². The van der Waals surface area contributed by atoms with Crippen molar-refractivity contribution in [1.82, 2.24) is 4.72 Å². The quantitative estimate of drug-likeness (QED) is 0.450. The fourth-order valence-corrected chi connectivity index (χ4v) is 3.22. The Morgan fingerprint density at radius 2 is 1.50 bits per heavy atom. The molecular formula is C17H18N4O6S. The minimum atomic E-state index is -3.88. The van der Waals surface area contributed by atoms with Gasteiger partial charge in [-0.2, -0.15) is 0 Å². The molecule has 0 atom stereocenters. The van der Waals surface area contributed by atoms with Gasteiger partial charge in [0.15, 0.2) is 0 Å². The van der Waals surface area contributed by atoms with Crippen LogP contribution in [0.15, 0.2) is 53.4 Å². The van der Waals surface area contributed by atoms with E-state index >= 15 is 0 Å². The summed E-state index contributed by atoms with van der Waals surface area (Å²) < 4.78 is 26.5. The second-order valence-corrected chi connectivity index (χ2v) is 7.47. The van der Waals surface area contributed by atoms with Gasteiger partial charge in [-0.05, 0) is 36.4 Å². The molecule has 0 unspecified atom stereocenters. The van der Waals surface area contributed by atoms with Crippen LogP contribution in [-0.2, 0) is 19.6 Å².